The second kappa shape index (κ2) is 9.52. The van der Waals surface area contributed by atoms with Gasteiger partial charge in [0.15, 0.2) is 0 Å². The Kier molecular flexibility index (Phi) is 6.37. The van der Waals surface area contributed by atoms with Gasteiger partial charge in [0.2, 0.25) is 0 Å². The molecule has 32 heavy (non-hydrogen) atoms. The first kappa shape index (κ1) is 21.4. The van der Waals surface area contributed by atoms with Crippen LogP contribution in [0, 0.1) is 0 Å². The lowest BCUT2D eigenvalue weighted by atomic mass is 9.83. The lowest BCUT2D eigenvalue weighted by Crippen LogP contribution is -2.21. The molecule has 2 N–H and O–H groups in total. The largest absolute Gasteiger partial charge is 0.508 e. The van der Waals surface area contributed by atoms with Crippen LogP contribution >= 0.6 is 0 Å². The molecule has 4 aromatic carbocycles. The average molecular weight is 422 g/mol. The molecule has 160 valence electrons. The van der Waals surface area contributed by atoms with Crippen LogP contribution in [0.3, 0.4) is 0 Å². The molecule has 0 fully saturated rings. The zero-order valence-corrected chi connectivity index (χ0v) is 18.1. The summed E-state index contributed by atoms with van der Waals surface area (Å²) in [4.78, 5) is 4.96. The predicted octanol–water partition coefficient (Wildman–Crippen LogP) is 5.09. The highest BCUT2D eigenvalue weighted by Crippen LogP contribution is 2.37. The molecule has 1 aliphatic rings. The van der Waals surface area contributed by atoms with Gasteiger partial charge in [-0.25, -0.2) is 0 Å². The van der Waals surface area contributed by atoms with Gasteiger partial charge < -0.3 is 10.2 Å². The molecule has 4 aromatic rings. The summed E-state index contributed by atoms with van der Waals surface area (Å²) in [6, 6.07) is 32.8. The van der Waals surface area contributed by atoms with Crippen molar-refractivity contribution >= 4 is 6.08 Å². The molecule has 1 aliphatic heterocycles. The number of nitrogens with zero attached hydrogens (tertiary/aromatic N) is 1. The first-order chi connectivity index (χ1) is 15.6. The third-order valence-electron chi connectivity index (χ3n) is 5.59. The van der Waals surface area contributed by atoms with Crippen LogP contribution in [0.4, 0.5) is 0 Å². The number of hydrogen-bond acceptors (Lipinski definition) is 3. The summed E-state index contributed by atoms with van der Waals surface area (Å²) in [6.07, 6.45) is 4.58. The van der Waals surface area contributed by atoms with Crippen LogP contribution < -0.4 is 10.6 Å². The first-order valence-corrected chi connectivity index (χ1v) is 10.9. The molecule has 0 saturated carbocycles. The van der Waals surface area contributed by atoms with Gasteiger partial charge in [-0.2, -0.15) is 0 Å². The van der Waals surface area contributed by atoms with E-state index in [1.165, 1.54) is 18.4 Å². The topological polar surface area (TPSA) is 52.8 Å². The Morgan fingerprint density at radius 3 is 1.72 bits per heavy atom. The Labute approximate surface area is 188 Å². The van der Waals surface area contributed by atoms with Gasteiger partial charge in [-0.1, -0.05) is 86.1 Å². The van der Waals surface area contributed by atoms with Gasteiger partial charge in [-0.3, -0.25) is 4.99 Å². The van der Waals surface area contributed by atoms with Gasteiger partial charge in [0.05, 0.1) is 5.36 Å². The van der Waals surface area contributed by atoms with Crippen LogP contribution in [0.15, 0.2) is 108 Å². The molecule has 5 rings (SSSR count). The first-order valence-electron chi connectivity index (χ1n) is 10.9. The number of fused-ring (bicyclic) bond motifs is 1. The quantitative estimate of drug-likeness (QED) is 0.482. The normalized spacial score (nSPS) is 13.2. The average Bonchev–Trinajstić information content (AvgIpc) is 3.22. The fourth-order valence-corrected chi connectivity index (χ4v) is 3.99. The van der Waals surface area contributed by atoms with E-state index in [4.69, 9.17) is 4.99 Å². The van der Waals surface area contributed by atoms with Crippen LogP contribution in [0.1, 0.15) is 30.0 Å². The van der Waals surface area contributed by atoms with E-state index in [0.717, 1.165) is 21.7 Å². The molecular formula is C29H27NO2. The highest BCUT2D eigenvalue weighted by molar-refractivity contribution is 5.59. The minimum atomic E-state index is -0.648. The van der Waals surface area contributed by atoms with Crippen LogP contribution in [-0.4, -0.2) is 10.2 Å². The summed E-state index contributed by atoms with van der Waals surface area (Å²) < 4.78 is 0. The number of para-hydroxylation sites is 1. The third-order valence-corrected chi connectivity index (χ3v) is 5.59. The minimum absolute atomic E-state index is 0.227. The van der Waals surface area contributed by atoms with Gasteiger partial charge in [-0.15, -0.1) is 0 Å². The van der Waals surface area contributed by atoms with Gasteiger partial charge in [0, 0.05) is 0 Å². The Morgan fingerprint density at radius 1 is 0.656 bits per heavy atom. The summed E-state index contributed by atoms with van der Waals surface area (Å²) in [7, 11) is 0. The monoisotopic (exact) mass is 421 g/mol. The Bertz CT molecular complexity index is 1200. The summed E-state index contributed by atoms with van der Waals surface area (Å²) in [6.45, 7) is 2.20. The smallest absolute Gasteiger partial charge is 0.130 e. The van der Waals surface area contributed by atoms with Gasteiger partial charge in [0.1, 0.15) is 17.0 Å². The lowest BCUT2D eigenvalue weighted by molar-refractivity contribution is 0.474. The van der Waals surface area contributed by atoms with Crippen LogP contribution in [0.2, 0.25) is 0 Å². The second-order valence-corrected chi connectivity index (χ2v) is 7.91. The number of benzene rings is 4. The van der Waals surface area contributed by atoms with E-state index in [1.807, 2.05) is 48.5 Å². The van der Waals surface area contributed by atoms with Crippen molar-refractivity contribution in [1.29, 1.82) is 0 Å². The molecule has 3 nitrogen and oxygen atoms in total. The third kappa shape index (κ3) is 4.57. The minimum Gasteiger partial charge on any atom is -0.508 e. The fourth-order valence-electron chi connectivity index (χ4n) is 3.99. The van der Waals surface area contributed by atoms with E-state index in [0.29, 0.717) is 0 Å². The molecule has 0 atom stereocenters. The van der Waals surface area contributed by atoms with E-state index in [-0.39, 0.29) is 11.5 Å². The summed E-state index contributed by atoms with van der Waals surface area (Å²) in [5.41, 5.74) is 2.74. The van der Waals surface area contributed by atoms with Gasteiger partial charge in [0.25, 0.3) is 0 Å². The number of aryl methyl sites for hydroxylation is 1. The summed E-state index contributed by atoms with van der Waals surface area (Å²) >= 11 is 0. The Hall–Kier alpha value is -3.85. The maximum atomic E-state index is 9.59. The number of phenols is 2. The van der Waals surface area contributed by atoms with E-state index in [1.54, 1.807) is 24.3 Å². The predicted molar refractivity (Wildman–Crippen MR) is 129 cm³/mol. The molecule has 0 saturated heterocycles. The zero-order valence-electron chi connectivity index (χ0n) is 18.1. The summed E-state index contributed by atoms with van der Waals surface area (Å²) in [5.74, 6) is 0.454. The number of phenolic OH excluding ortho intramolecular Hbond substituents is 2. The van der Waals surface area contributed by atoms with Crippen molar-refractivity contribution in [1.82, 2.24) is 0 Å². The van der Waals surface area contributed by atoms with Crippen molar-refractivity contribution in [2.75, 3.05) is 0 Å². The maximum Gasteiger partial charge on any atom is 0.130 e. The van der Waals surface area contributed by atoms with Gasteiger partial charge in [-0.05, 0) is 64.7 Å². The van der Waals surface area contributed by atoms with Crippen LogP contribution in [0.5, 0.6) is 11.5 Å². The molecule has 1 heterocycles. The molecule has 0 unspecified atom stereocenters. The van der Waals surface area contributed by atoms with Crippen LogP contribution in [-0.2, 0) is 12.0 Å². The molecule has 0 aliphatic carbocycles. The Morgan fingerprint density at radius 2 is 1.19 bits per heavy atom. The van der Waals surface area contributed by atoms with Crippen molar-refractivity contribution < 1.29 is 10.2 Å². The van der Waals surface area contributed by atoms with Crippen molar-refractivity contribution in [2.24, 2.45) is 4.99 Å². The summed E-state index contributed by atoms with van der Waals surface area (Å²) in [5, 5.41) is 21.2. The highest BCUT2D eigenvalue weighted by Gasteiger charge is 2.33. The molecule has 0 radical (unpaired) electrons. The van der Waals surface area contributed by atoms with Gasteiger partial charge >= 0.3 is 0 Å². The zero-order chi connectivity index (χ0) is 22.4. The van der Waals surface area contributed by atoms with Crippen molar-refractivity contribution in [3.63, 3.8) is 0 Å². The maximum absolute atomic E-state index is 9.59. The molecule has 0 spiro atoms. The molecular weight excluding hydrogens is 394 g/mol. The van der Waals surface area contributed by atoms with E-state index >= 15 is 0 Å². The highest BCUT2D eigenvalue weighted by atomic mass is 16.3. The number of aromatic hydroxyl groups is 2. The second-order valence-electron chi connectivity index (χ2n) is 7.91. The fraction of sp³-hybridized carbons (Fsp3) is 0.138. The number of hydrogen-bond donors (Lipinski definition) is 2. The van der Waals surface area contributed by atoms with Crippen molar-refractivity contribution in [3.8, 4) is 11.5 Å². The van der Waals surface area contributed by atoms with E-state index < -0.39 is 5.54 Å². The van der Waals surface area contributed by atoms with E-state index in [9.17, 15) is 10.2 Å². The molecule has 0 amide bonds. The lowest BCUT2D eigenvalue weighted by Gasteiger charge is -2.26. The Balaban J connectivity index is 0.000000230. The molecule has 0 aromatic heterocycles. The standard InChI is InChI=1S/C20H15NO2.C9H12/c22-17-9-5-15(6-10-17)20(16-7-11-18(23)12-8-16)13-14-3-1-2-4-19(14)21-20;1-2-6-9-7-4-3-5-8-9/h1-13,22-23H;3-5,7-8H,2,6H2,1H3. The molecule has 3 heteroatoms. The number of rotatable bonds is 4. The van der Waals surface area contributed by atoms with Crippen LogP contribution in [0.25, 0.3) is 6.08 Å². The SMILES string of the molecule is CCCc1ccccc1.Oc1ccc(C2(c3ccc(O)cc3)C=c3ccccc3=N2)cc1. The molecule has 0 bridgehead atoms. The van der Waals surface area contributed by atoms with Crippen molar-refractivity contribution in [2.45, 2.75) is 25.3 Å². The van der Waals surface area contributed by atoms with Crippen molar-refractivity contribution in [3.05, 3.63) is 130 Å². The van der Waals surface area contributed by atoms with E-state index in [2.05, 4.69) is 43.3 Å².